The van der Waals surface area contributed by atoms with E-state index in [4.69, 9.17) is 4.74 Å². The summed E-state index contributed by atoms with van der Waals surface area (Å²) in [6.07, 6.45) is 3.87. The fraction of sp³-hybridized carbons (Fsp3) is 0.368. The first kappa shape index (κ1) is 12.9. The van der Waals surface area contributed by atoms with E-state index in [1.165, 1.54) is 30.4 Å². The Balaban J connectivity index is 1.60. The average molecular weight is 280 g/mol. The third kappa shape index (κ3) is 2.24. The molecule has 21 heavy (non-hydrogen) atoms. The SMILES string of the molecule is OC(c1ccccc1C1CCC1)C1Cc2ccccc2O1. The minimum Gasteiger partial charge on any atom is -0.487 e. The number of aliphatic hydroxyl groups excluding tert-OH is 1. The van der Waals surface area contributed by atoms with Crippen molar-refractivity contribution < 1.29 is 9.84 Å². The lowest BCUT2D eigenvalue weighted by molar-refractivity contribution is 0.0480. The van der Waals surface area contributed by atoms with E-state index in [1.54, 1.807) is 0 Å². The van der Waals surface area contributed by atoms with Gasteiger partial charge >= 0.3 is 0 Å². The zero-order valence-corrected chi connectivity index (χ0v) is 12.0. The minimum atomic E-state index is -0.547. The minimum absolute atomic E-state index is 0.163. The van der Waals surface area contributed by atoms with Crippen molar-refractivity contribution in [3.63, 3.8) is 0 Å². The van der Waals surface area contributed by atoms with Crippen LogP contribution in [0.3, 0.4) is 0 Å². The van der Waals surface area contributed by atoms with E-state index in [0.29, 0.717) is 5.92 Å². The van der Waals surface area contributed by atoms with Gasteiger partial charge in [-0.05, 0) is 41.5 Å². The third-order valence-electron chi connectivity index (χ3n) is 4.88. The Hall–Kier alpha value is -1.80. The molecule has 1 fully saturated rings. The van der Waals surface area contributed by atoms with E-state index in [0.717, 1.165) is 17.7 Å². The van der Waals surface area contributed by atoms with Gasteiger partial charge < -0.3 is 9.84 Å². The van der Waals surface area contributed by atoms with Crippen LogP contribution in [-0.4, -0.2) is 11.2 Å². The molecule has 1 N–H and O–H groups in total. The lowest BCUT2D eigenvalue weighted by Crippen LogP contribution is -2.25. The molecule has 2 heteroatoms. The first-order valence-electron chi connectivity index (χ1n) is 7.84. The Morgan fingerprint density at radius 1 is 1.00 bits per heavy atom. The number of hydrogen-bond donors (Lipinski definition) is 1. The quantitative estimate of drug-likeness (QED) is 0.921. The van der Waals surface area contributed by atoms with Gasteiger partial charge in [0.25, 0.3) is 0 Å². The van der Waals surface area contributed by atoms with Crippen LogP contribution in [0.4, 0.5) is 0 Å². The molecule has 1 aliphatic heterocycles. The lowest BCUT2D eigenvalue weighted by Gasteiger charge is -2.30. The van der Waals surface area contributed by atoms with Gasteiger partial charge in [0.2, 0.25) is 0 Å². The van der Waals surface area contributed by atoms with Crippen LogP contribution in [0.25, 0.3) is 0 Å². The molecule has 2 aliphatic rings. The Labute approximate surface area is 125 Å². The highest BCUT2D eigenvalue weighted by molar-refractivity contribution is 5.40. The molecule has 2 aromatic rings. The van der Waals surface area contributed by atoms with Crippen LogP contribution in [-0.2, 0) is 6.42 Å². The summed E-state index contributed by atoms with van der Waals surface area (Å²) >= 11 is 0. The largest absolute Gasteiger partial charge is 0.487 e. The molecule has 0 aromatic heterocycles. The van der Waals surface area contributed by atoms with Crippen molar-refractivity contribution in [3.8, 4) is 5.75 Å². The van der Waals surface area contributed by atoms with E-state index in [2.05, 4.69) is 24.3 Å². The monoisotopic (exact) mass is 280 g/mol. The molecule has 0 bridgehead atoms. The van der Waals surface area contributed by atoms with E-state index in [9.17, 15) is 5.11 Å². The number of aliphatic hydroxyl groups is 1. The molecule has 1 heterocycles. The fourth-order valence-electron chi connectivity index (χ4n) is 3.46. The van der Waals surface area contributed by atoms with E-state index in [1.807, 2.05) is 24.3 Å². The van der Waals surface area contributed by atoms with Crippen LogP contribution >= 0.6 is 0 Å². The van der Waals surface area contributed by atoms with Crippen LogP contribution in [0.5, 0.6) is 5.75 Å². The summed E-state index contributed by atoms with van der Waals surface area (Å²) in [6, 6.07) is 16.4. The molecule has 2 unspecified atom stereocenters. The van der Waals surface area contributed by atoms with Crippen molar-refractivity contribution in [3.05, 3.63) is 65.2 Å². The summed E-state index contributed by atoms with van der Waals surface area (Å²) in [6.45, 7) is 0. The Bertz CT molecular complexity index is 621. The van der Waals surface area contributed by atoms with Crippen molar-refractivity contribution in [2.75, 3.05) is 0 Å². The lowest BCUT2D eigenvalue weighted by atomic mass is 9.77. The molecule has 0 amide bonds. The van der Waals surface area contributed by atoms with Gasteiger partial charge in [-0.3, -0.25) is 0 Å². The summed E-state index contributed by atoms with van der Waals surface area (Å²) in [5.74, 6) is 1.54. The van der Waals surface area contributed by atoms with Crippen molar-refractivity contribution in [1.29, 1.82) is 0 Å². The molecule has 2 nitrogen and oxygen atoms in total. The molecule has 1 saturated carbocycles. The smallest absolute Gasteiger partial charge is 0.133 e. The van der Waals surface area contributed by atoms with Crippen LogP contribution in [0, 0.1) is 0 Å². The van der Waals surface area contributed by atoms with Crippen LogP contribution in [0.1, 0.15) is 48.0 Å². The van der Waals surface area contributed by atoms with Gasteiger partial charge in [-0.1, -0.05) is 48.9 Å². The Morgan fingerprint density at radius 3 is 2.52 bits per heavy atom. The summed E-state index contributed by atoms with van der Waals surface area (Å²) < 4.78 is 5.96. The highest BCUT2D eigenvalue weighted by Gasteiger charge is 2.33. The van der Waals surface area contributed by atoms with E-state index >= 15 is 0 Å². The first-order chi connectivity index (χ1) is 10.3. The maximum Gasteiger partial charge on any atom is 0.133 e. The topological polar surface area (TPSA) is 29.5 Å². The highest BCUT2D eigenvalue weighted by atomic mass is 16.5. The second-order valence-electron chi connectivity index (χ2n) is 6.17. The number of benzene rings is 2. The van der Waals surface area contributed by atoms with Crippen molar-refractivity contribution in [2.45, 2.75) is 43.8 Å². The predicted octanol–water partition coefficient (Wildman–Crippen LogP) is 3.99. The van der Waals surface area contributed by atoms with Gasteiger partial charge in [-0.2, -0.15) is 0 Å². The van der Waals surface area contributed by atoms with Crippen LogP contribution < -0.4 is 4.74 Å². The molecular weight excluding hydrogens is 260 g/mol. The van der Waals surface area contributed by atoms with Crippen LogP contribution in [0.15, 0.2) is 48.5 Å². The predicted molar refractivity (Wildman–Crippen MR) is 82.6 cm³/mol. The number of fused-ring (bicyclic) bond motifs is 1. The maximum atomic E-state index is 10.8. The van der Waals surface area contributed by atoms with Crippen molar-refractivity contribution in [2.24, 2.45) is 0 Å². The number of para-hydroxylation sites is 1. The van der Waals surface area contributed by atoms with E-state index < -0.39 is 6.10 Å². The van der Waals surface area contributed by atoms with Crippen molar-refractivity contribution in [1.82, 2.24) is 0 Å². The molecule has 2 atom stereocenters. The zero-order valence-electron chi connectivity index (χ0n) is 12.0. The van der Waals surface area contributed by atoms with Gasteiger partial charge in [0, 0.05) is 6.42 Å². The molecule has 0 radical (unpaired) electrons. The van der Waals surface area contributed by atoms with E-state index in [-0.39, 0.29) is 6.10 Å². The standard InChI is InChI=1S/C19H20O2/c20-19(18-12-14-6-1-4-11-17(14)21-18)16-10-3-2-9-15(16)13-7-5-8-13/h1-4,6,9-11,13,18-20H,5,7-8,12H2. The Morgan fingerprint density at radius 2 is 1.76 bits per heavy atom. The molecule has 4 rings (SSSR count). The summed E-state index contributed by atoms with van der Waals surface area (Å²) in [7, 11) is 0. The Kier molecular flexibility index (Phi) is 3.19. The summed E-state index contributed by atoms with van der Waals surface area (Å²) in [5.41, 5.74) is 3.57. The third-order valence-corrected chi connectivity index (χ3v) is 4.88. The second kappa shape index (κ2) is 5.19. The van der Waals surface area contributed by atoms with Gasteiger partial charge in [0.1, 0.15) is 18.0 Å². The van der Waals surface area contributed by atoms with Gasteiger partial charge in [0.15, 0.2) is 0 Å². The summed E-state index contributed by atoms with van der Waals surface area (Å²) in [4.78, 5) is 0. The summed E-state index contributed by atoms with van der Waals surface area (Å²) in [5, 5.41) is 10.8. The average Bonchev–Trinajstić information content (AvgIpc) is 2.89. The number of hydrogen-bond acceptors (Lipinski definition) is 2. The van der Waals surface area contributed by atoms with Gasteiger partial charge in [0.05, 0.1) is 0 Å². The van der Waals surface area contributed by atoms with Crippen LogP contribution in [0.2, 0.25) is 0 Å². The zero-order chi connectivity index (χ0) is 14.2. The molecule has 1 aliphatic carbocycles. The second-order valence-corrected chi connectivity index (χ2v) is 6.17. The normalized spacial score (nSPS) is 22.2. The highest BCUT2D eigenvalue weighted by Crippen LogP contribution is 2.41. The molecule has 0 spiro atoms. The van der Waals surface area contributed by atoms with Crippen molar-refractivity contribution >= 4 is 0 Å². The number of rotatable bonds is 3. The first-order valence-corrected chi connectivity index (χ1v) is 7.84. The fourth-order valence-corrected chi connectivity index (χ4v) is 3.46. The van der Waals surface area contributed by atoms with Gasteiger partial charge in [-0.25, -0.2) is 0 Å². The number of ether oxygens (including phenoxy) is 1. The molecule has 108 valence electrons. The maximum absolute atomic E-state index is 10.8. The molecule has 2 aromatic carbocycles. The van der Waals surface area contributed by atoms with Gasteiger partial charge in [-0.15, -0.1) is 0 Å². The molecule has 0 saturated heterocycles. The molecular formula is C19H20O2.